The molecule has 2 heterocycles. The maximum atomic E-state index is 12.2. The lowest BCUT2D eigenvalue weighted by atomic mass is 10.2. The topological polar surface area (TPSA) is 110 Å². The van der Waals surface area contributed by atoms with E-state index < -0.39 is 16.0 Å². The van der Waals surface area contributed by atoms with Gasteiger partial charge < -0.3 is 9.52 Å². The Bertz CT molecular complexity index is 731. The Morgan fingerprint density at radius 1 is 1.45 bits per heavy atom. The van der Waals surface area contributed by atoms with Gasteiger partial charge in [-0.05, 0) is 31.4 Å². The van der Waals surface area contributed by atoms with Gasteiger partial charge in [0.2, 0.25) is 10.0 Å². The molecule has 2 aromatic rings. The molecule has 0 saturated heterocycles. The van der Waals surface area contributed by atoms with Gasteiger partial charge in [-0.2, -0.15) is 0 Å². The van der Waals surface area contributed by atoms with E-state index in [9.17, 15) is 13.2 Å². The summed E-state index contributed by atoms with van der Waals surface area (Å²) in [5.41, 5.74) is -0.334. The number of hydrogen-bond donors (Lipinski definition) is 2. The maximum Gasteiger partial charge on any atom is 0.340 e. The number of rotatable bonds is 5. The van der Waals surface area contributed by atoms with Crippen LogP contribution in [0.25, 0.3) is 0 Å². The summed E-state index contributed by atoms with van der Waals surface area (Å²) in [6.45, 7) is 2.88. The minimum atomic E-state index is -3.97. The number of carboxylic acid groups (broad SMARTS) is 1. The van der Waals surface area contributed by atoms with Crippen LogP contribution in [-0.4, -0.2) is 23.9 Å². The minimum absolute atomic E-state index is 0.0513. The van der Waals surface area contributed by atoms with E-state index in [4.69, 9.17) is 9.52 Å². The van der Waals surface area contributed by atoms with E-state index in [1.54, 1.807) is 12.3 Å². The zero-order valence-corrected chi connectivity index (χ0v) is 12.3. The Morgan fingerprint density at radius 2 is 2.15 bits per heavy atom. The molecule has 2 N–H and O–H groups in total. The normalized spacial score (nSPS) is 11.7. The van der Waals surface area contributed by atoms with Crippen LogP contribution in [0.1, 0.15) is 26.8 Å². The fraction of sp³-hybridized carbons (Fsp3) is 0.273. The molecule has 108 valence electrons. The lowest BCUT2D eigenvalue weighted by molar-refractivity contribution is 0.0691. The first-order valence-electron chi connectivity index (χ1n) is 5.55. The highest BCUT2D eigenvalue weighted by Crippen LogP contribution is 2.26. The van der Waals surface area contributed by atoms with E-state index in [1.807, 2.05) is 0 Å². The number of furan rings is 1. The molecule has 0 saturated carbocycles. The molecule has 0 radical (unpaired) electrons. The predicted molar refractivity (Wildman–Crippen MR) is 71.3 cm³/mol. The summed E-state index contributed by atoms with van der Waals surface area (Å²) < 4.78 is 35.8. The van der Waals surface area contributed by atoms with Crippen molar-refractivity contribution in [3.05, 3.63) is 34.2 Å². The average molecular weight is 316 g/mol. The number of aromatic nitrogens is 1. The van der Waals surface area contributed by atoms with Gasteiger partial charge in [0.25, 0.3) is 0 Å². The van der Waals surface area contributed by atoms with Gasteiger partial charge in [0.1, 0.15) is 22.0 Å². The SMILES string of the molecule is Cc1oc(C)c(S(=O)(=O)NCc2ccns2)c1C(=O)O. The molecule has 0 spiro atoms. The fourth-order valence-corrected chi connectivity index (χ4v) is 3.82. The van der Waals surface area contributed by atoms with E-state index in [2.05, 4.69) is 9.10 Å². The second-order valence-corrected chi connectivity index (χ2v) is 6.65. The van der Waals surface area contributed by atoms with Crippen LogP contribution in [0, 0.1) is 13.8 Å². The van der Waals surface area contributed by atoms with E-state index in [0.717, 1.165) is 16.4 Å². The second kappa shape index (κ2) is 5.35. The molecule has 0 amide bonds. The second-order valence-electron chi connectivity index (χ2n) is 4.03. The zero-order valence-electron chi connectivity index (χ0n) is 10.7. The summed E-state index contributed by atoms with van der Waals surface area (Å²) in [4.78, 5) is 11.6. The Morgan fingerprint density at radius 3 is 2.70 bits per heavy atom. The number of nitrogens with zero attached hydrogens (tertiary/aromatic N) is 1. The van der Waals surface area contributed by atoms with Crippen molar-refractivity contribution in [1.82, 2.24) is 9.10 Å². The van der Waals surface area contributed by atoms with Gasteiger partial charge in [-0.3, -0.25) is 0 Å². The van der Waals surface area contributed by atoms with Gasteiger partial charge in [-0.1, -0.05) is 0 Å². The van der Waals surface area contributed by atoms with Crippen LogP contribution >= 0.6 is 11.5 Å². The van der Waals surface area contributed by atoms with Crippen molar-refractivity contribution in [1.29, 1.82) is 0 Å². The predicted octanol–water partition coefficient (Wildman–Crippen LogP) is 1.53. The lowest BCUT2D eigenvalue weighted by Gasteiger charge is -2.05. The quantitative estimate of drug-likeness (QED) is 0.865. The Balaban J connectivity index is 2.37. The first kappa shape index (κ1) is 14.7. The number of sulfonamides is 1. The Labute approximate surface area is 119 Å². The molecular weight excluding hydrogens is 304 g/mol. The molecule has 0 atom stereocenters. The van der Waals surface area contributed by atoms with Gasteiger partial charge in [-0.25, -0.2) is 22.3 Å². The molecule has 0 aliphatic carbocycles. The van der Waals surface area contributed by atoms with Crippen LogP contribution in [0.15, 0.2) is 21.6 Å². The van der Waals surface area contributed by atoms with Crippen LogP contribution < -0.4 is 4.72 Å². The van der Waals surface area contributed by atoms with E-state index in [1.165, 1.54) is 13.8 Å². The molecule has 0 aliphatic rings. The largest absolute Gasteiger partial charge is 0.478 e. The van der Waals surface area contributed by atoms with Crippen LogP contribution in [0.2, 0.25) is 0 Å². The highest BCUT2D eigenvalue weighted by atomic mass is 32.2. The third-order valence-electron chi connectivity index (χ3n) is 2.62. The van der Waals surface area contributed by atoms with Gasteiger partial charge >= 0.3 is 5.97 Å². The summed E-state index contributed by atoms with van der Waals surface area (Å²) in [6.07, 6.45) is 1.56. The Kier molecular flexibility index (Phi) is 3.93. The van der Waals surface area contributed by atoms with Crippen molar-refractivity contribution < 1.29 is 22.7 Å². The van der Waals surface area contributed by atoms with Crippen molar-refractivity contribution in [3.63, 3.8) is 0 Å². The molecule has 0 bridgehead atoms. The van der Waals surface area contributed by atoms with E-state index in [0.29, 0.717) is 0 Å². The molecule has 2 rings (SSSR count). The molecule has 2 aromatic heterocycles. The number of carbonyl (C=O) groups is 1. The fourth-order valence-electron chi connectivity index (χ4n) is 1.81. The van der Waals surface area contributed by atoms with Crippen molar-refractivity contribution >= 4 is 27.5 Å². The lowest BCUT2D eigenvalue weighted by Crippen LogP contribution is -2.25. The zero-order chi connectivity index (χ0) is 14.9. The summed E-state index contributed by atoms with van der Waals surface area (Å²) in [7, 11) is -3.97. The number of carboxylic acids is 1. The standard InChI is InChI=1S/C11H12N2O5S2/c1-6-9(11(14)15)10(7(2)18-6)20(16,17)13-5-8-3-4-12-19-8/h3-4,13H,5H2,1-2H3,(H,14,15). The van der Waals surface area contributed by atoms with Crippen molar-refractivity contribution in [2.75, 3.05) is 0 Å². The molecule has 7 nitrogen and oxygen atoms in total. The number of nitrogens with one attached hydrogen (secondary N) is 1. The molecule has 0 unspecified atom stereocenters. The Hall–Kier alpha value is -1.71. The van der Waals surface area contributed by atoms with Crippen molar-refractivity contribution in [2.24, 2.45) is 0 Å². The highest BCUT2D eigenvalue weighted by Gasteiger charge is 2.30. The van der Waals surface area contributed by atoms with Gasteiger partial charge in [0.15, 0.2) is 0 Å². The summed E-state index contributed by atoms with van der Waals surface area (Å²) >= 11 is 1.16. The van der Waals surface area contributed by atoms with Gasteiger partial charge in [0.05, 0.1) is 0 Å². The first-order chi connectivity index (χ1) is 9.33. The third kappa shape index (κ3) is 2.74. The van der Waals surface area contributed by atoms with Crippen LogP contribution in [0.4, 0.5) is 0 Å². The van der Waals surface area contributed by atoms with Gasteiger partial charge in [-0.15, -0.1) is 0 Å². The monoisotopic (exact) mass is 316 g/mol. The van der Waals surface area contributed by atoms with E-state index in [-0.39, 0.29) is 28.5 Å². The average Bonchev–Trinajstić information content (AvgIpc) is 2.94. The molecular formula is C11H12N2O5S2. The number of hydrogen-bond acceptors (Lipinski definition) is 6. The molecule has 20 heavy (non-hydrogen) atoms. The highest BCUT2D eigenvalue weighted by molar-refractivity contribution is 7.89. The smallest absolute Gasteiger partial charge is 0.340 e. The number of aromatic carboxylic acids is 1. The molecule has 0 fully saturated rings. The van der Waals surface area contributed by atoms with Crippen molar-refractivity contribution in [2.45, 2.75) is 25.3 Å². The van der Waals surface area contributed by atoms with Crippen molar-refractivity contribution in [3.8, 4) is 0 Å². The third-order valence-corrected chi connectivity index (χ3v) is 4.91. The van der Waals surface area contributed by atoms with Crippen LogP contribution in [-0.2, 0) is 16.6 Å². The van der Waals surface area contributed by atoms with Crippen LogP contribution in [0.5, 0.6) is 0 Å². The minimum Gasteiger partial charge on any atom is -0.478 e. The summed E-state index contributed by atoms with van der Waals surface area (Å²) in [6, 6.07) is 1.68. The number of aryl methyl sites for hydroxylation is 2. The van der Waals surface area contributed by atoms with Crippen LogP contribution in [0.3, 0.4) is 0 Å². The van der Waals surface area contributed by atoms with Gasteiger partial charge in [0, 0.05) is 17.6 Å². The first-order valence-corrected chi connectivity index (χ1v) is 7.81. The summed E-state index contributed by atoms with van der Waals surface area (Å²) in [5, 5.41) is 9.12. The molecule has 0 aromatic carbocycles. The summed E-state index contributed by atoms with van der Waals surface area (Å²) in [5.74, 6) is -1.22. The molecule has 0 aliphatic heterocycles. The molecule has 9 heteroatoms. The maximum absolute atomic E-state index is 12.2. The van der Waals surface area contributed by atoms with E-state index >= 15 is 0 Å².